The Balaban J connectivity index is 1.54. The third kappa shape index (κ3) is 3.89. The minimum absolute atomic E-state index is 0.0764. The summed E-state index contributed by atoms with van der Waals surface area (Å²) in [6.07, 6.45) is 5.55. The summed E-state index contributed by atoms with van der Waals surface area (Å²) in [7, 11) is 1.67. The predicted molar refractivity (Wildman–Crippen MR) is 109 cm³/mol. The van der Waals surface area contributed by atoms with Gasteiger partial charge in [0.05, 0.1) is 12.8 Å². The molecule has 0 spiro atoms. The van der Waals surface area contributed by atoms with Gasteiger partial charge in [-0.2, -0.15) is 4.98 Å². The zero-order valence-corrected chi connectivity index (χ0v) is 16.9. The number of ether oxygens (including phenoxy) is 1. The van der Waals surface area contributed by atoms with Crippen LogP contribution in [0.25, 0.3) is 11.4 Å². The maximum absolute atomic E-state index is 13.1. The van der Waals surface area contributed by atoms with Crippen molar-refractivity contribution in [1.29, 1.82) is 0 Å². The van der Waals surface area contributed by atoms with Crippen molar-refractivity contribution < 1.29 is 9.53 Å². The standard InChI is InChI=1S/C23H29N3O2/c1-16-12-14-26(15-13-16)23(27)18-8-10-19-20(11-9-18)24-21(25-22(19)28-2)17-6-4-3-5-7-17/h3-7,16,18H,8-15H2,1-2H3. The normalized spacial score (nSPS) is 20.4. The summed E-state index contributed by atoms with van der Waals surface area (Å²) in [6, 6.07) is 10.0. The maximum atomic E-state index is 13.1. The van der Waals surface area contributed by atoms with E-state index in [1.54, 1.807) is 7.11 Å². The van der Waals surface area contributed by atoms with Crippen LogP contribution in [0, 0.1) is 11.8 Å². The van der Waals surface area contributed by atoms with Crippen molar-refractivity contribution in [3.8, 4) is 17.3 Å². The van der Waals surface area contributed by atoms with Crippen LogP contribution < -0.4 is 4.74 Å². The summed E-state index contributed by atoms with van der Waals surface area (Å²) in [5.74, 6) is 2.50. The lowest BCUT2D eigenvalue weighted by molar-refractivity contribution is -0.137. The number of fused-ring (bicyclic) bond motifs is 1. The second kappa shape index (κ2) is 8.29. The SMILES string of the molecule is COc1nc(-c2ccccc2)nc2c1CCC(C(=O)N1CCC(C)CC1)CC2. The van der Waals surface area contributed by atoms with E-state index >= 15 is 0 Å². The van der Waals surface area contributed by atoms with Crippen LogP contribution in [-0.2, 0) is 17.6 Å². The number of rotatable bonds is 3. The van der Waals surface area contributed by atoms with Crippen molar-refractivity contribution in [2.45, 2.75) is 45.4 Å². The smallest absolute Gasteiger partial charge is 0.225 e. The molecule has 5 nitrogen and oxygen atoms in total. The molecule has 1 amide bonds. The van der Waals surface area contributed by atoms with Crippen LogP contribution >= 0.6 is 0 Å². The first-order chi connectivity index (χ1) is 13.7. The molecule has 1 aliphatic carbocycles. The van der Waals surface area contributed by atoms with Crippen LogP contribution in [0.4, 0.5) is 0 Å². The van der Waals surface area contributed by atoms with Crippen LogP contribution in [0.1, 0.15) is 43.9 Å². The number of aryl methyl sites for hydroxylation is 1. The van der Waals surface area contributed by atoms with Crippen molar-refractivity contribution in [2.75, 3.05) is 20.2 Å². The Morgan fingerprint density at radius 3 is 2.46 bits per heavy atom. The number of carbonyl (C=O) groups excluding carboxylic acids is 1. The van der Waals surface area contributed by atoms with Crippen LogP contribution in [0.3, 0.4) is 0 Å². The van der Waals surface area contributed by atoms with E-state index in [0.29, 0.717) is 17.6 Å². The lowest BCUT2D eigenvalue weighted by atomic mass is 9.94. The zero-order valence-electron chi connectivity index (χ0n) is 16.9. The van der Waals surface area contributed by atoms with Gasteiger partial charge >= 0.3 is 0 Å². The first-order valence-corrected chi connectivity index (χ1v) is 10.4. The Bertz CT molecular complexity index is 829. The van der Waals surface area contributed by atoms with Gasteiger partial charge in [-0.1, -0.05) is 37.3 Å². The largest absolute Gasteiger partial charge is 0.481 e. The van der Waals surface area contributed by atoms with Crippen molar-refractivity contribution in [3.63, 3.8) is 0 Å². The molecule has 1 saturated heterocycles. The Hall–Kier alpha value is -2.43. The lowest BCUT2D eigenvalue weighted by Gasteiger charge is -2.32. The Morgan fingerprint density at radius 1 is 1.04 bits per heavy atom. The predicted octanol–water partition coefficient (Wildman–Crippen LogP) is 3.91. The number of carbonyl (C=O) groups is 1. The van der Waals surface area contributed by atoms with Gasteiger partial charge in [-0.15, -0.1) is 0 Å². The fraction of sp³-hybridized carbons (Fsp3) is 0.522. The van der Waals surface area contributed by atoms with E-state index in [4.69, 9.17) is 9.72 Å². The van der Waals surface area contributed by atoms with E-state index in [1.165, 1.54) is 0 Å². The summed E-state index contributed by atoms with van der Waals surface area (Å²) in [5, 5.41) is 0. The number of nitrogens with zero attached hydrogens (tertiary/aromatic N) is 3. The Kier molecular flexibility index (Phi) is 5.60. The van der Waals surface area contributed by atoms with Crippen LogP contribution in [0.2, 0.25) is 0 Å². The van der Waals surface area contributed by atoms with Gasteiger partial charge < -0.3 is 9.64 Å². The third-order valence-electron chi connectivity index (χ3n) is 6.20. The molecule has 1 unspecified atom stereocenters. The van der Waals surface area contributed by atoms with E-state index < -0.39 is 0 Å². The van der Waals surface area contributed by atoms with Gasteiger partial charge in [0.2, 0.25) is 11.8 Å². The monoisotopic (exact) mass is 379 g/mol. The molecule has 0 radical (unpaired) electrons. The molecule has 2 heterocycles. The molecule has 1 aromatic heterocycles. The molecule has 1 aliphatic heterocycles. The number of amides is 1. The molecule has 1 aromatic carbocycles. The minimum atomic E-state index is 0.0764. The highest BCUT2D eigenvalue weighted by atomic mass is 16.5. The van der Waals surface area contributed by atoms with Gasteiger partial charge in [-0.25, -0.2) is 4.98 Å². The molecular formula is C23H29N3O2. The van der Waals surface area contributed by atoms with E-state index in [0.717, 1.165) is 74.4 Å². The molecule has 4 rings (SSSR count). The van der Waals surface area contributed by atoms with E-state index in [-0.39, 0.29) is 5.92 Å². The molecule has 1 fully saturated rings. The van der Waals surface area contributed by atoms with E-state index in [9.17, 15) is 4.79 Å². The average molecular weight is 380 g/mol. The zero-order chi connectivity index (χ0) is 19.5. The molecule has 148 valence electrons. The van der Waals surface area contributed by atoms with Crippen molar-refractivity contribution in [1.82, 2.24) is 14.9 Å². The summed E-state index contributed by atoms with van der Waals surface area (Å²) < 4.78 is 5.61. The molecule has 28 heavy (non-hydrogen) atoms. The first-order valence-electron chi connectivity index (χ1n) is 10.4. The minimum Gasteiger partial charge on any atom is -0.481 e. The second-order valence-corrected chi connectivity index (χ2v) is 8.13. The van der Waals surface area contributed by atoms with Crippen molar-refractivity contribution in [3.05, 3.63) is 41.6 Å². The highest BCUT2D eigenvalue weighted by Gasteiger charge is 2.30. The van der Waals surface area contributed by atoms with Gasteiger partial charge in [0.25, 0.3) is 0 Å². The number of likely N-dealkylation sites (tertiary alicyclic amines) is 1. The van der Waals surface area contributed by atoms with Crippen LogP contribution in [0.15, 0.2) is 30.3 Å². The van der Waals surface area contributed by atoms with Crippen molar-refractivity contribution in [2.24, 2.45) is 11.8 Å². The molecule has 2 aliphatic rings. The summed E-state index contributed by atoms with van der Waals surface area (Å²) in [5.41, 5.74) is 3.10. The van der Waals surface area contributed by atoms with Gasteiger partial charge in [0.1, 0.15) is 0 Å². The summed E-state index contributed by atoms with van der Waals surface area (Å²) in [6.45, 7) is 4.09. The summed E-state index contributed by atoms with van der Waals surface area (Å²) in [4.78, 5) is 24.7. The van der Waals surface area contributed by atoms with E-state index in [2.05, 4.69) is 16.8 Å². The first kappa shape index (κ1) is 18.9. The third-order valence-corrected chi connectivity index (χ3v) is 6.20. The quantitative estimate of drug-likeness (QED) is 0.759. The molecule has 1 atom stereocenters. The van der Waals surface area contributed by atoms with Crippen LogP contribution in [-0.4, -0.2) is 41.0 Å². The van der Waals surface area contributed by atoms with Gasteiger partial charge in [0.15, 0.2) is 5.82 Å². The van der Waals surface area contributed by atoms with Gasteiger partial charge in [0, 0.05) is 30.1 Å². The molecular weight excluding hydrogens is 350 g/mol. The average Bonchev–Trinajstić information content (AvgIpc) is 2.96. The fourth-order valence-electron chi connectivity index (χ4n) is 4.36. The van der Waals surface area contributed by atoms with Gasteiger partial charge in [-0.3, -0.25) is 4.79 Å². The van der Waals surface area contributed by atoms with E-state index in [1.807, 2.05) is 30.3 Å². The Labute approximate surface area is 167 Å². The molecule has 0 N–H and O–H groups in total. The number of hydrogen-bond acceptors (Lipinski definition) is 4. The number of aromatic nitrogens is 2. The molecule has 5 heteroatoms. The number of piperidine rings is 1. The summed E-state index contributed by atoms with van der Waals surface area (Å²) >= 11 is 0. The van der Waals surface area contributed by atoms with Crippen molar-refractivity contribution >= 4 is 5.91 Å². The maximum Gasteiger partial charge on any atom is 0.225 e. The second-order valence-electron chi connectivity index (χ2n) is 8.13. The van der Waals surface area contributed by atoms with Gasteiger partial charge in [-0.05, 0) is 44.4 Å². The van der Waals surface area contributed by atoms with Crippen LogP contribution in [0.5, 0.6) is 5.88 Å². The number of hydrogen-bond donors (Lipinski definition) is 0. The Morgan fingerprint density at radius 2 is 1.75 bits per heavy atom. The molecule has 2 aromatic rings. The number of methoxy groups -OCH3 is 1. The lowest BCUT2D eigenvalue weighted by Crippen LogP contribution is -2.41. The molecule has 0 bridgehead atoms. The highest BCUT2D eigenvalue weighted by molar-refractivity contribution is 5.79. The number of benzene rings is 1. The highest BCUT2D eigenvalue weighted by Crippen LogP contribution is 2.32. The fourth-order valence-corrected chi connectivity index (χ4v) is 4.36. The topological polar surface area (TPSA) is 55.3 Å². The molecule has 0 saturated carbocycles.